The summed E-state index contributed by atoms with van der Waals surface area (Å²) >= 11 is 0. The lowest BCUT2D eigenvalue weighted by Crippen LogP contribution is -2.34. The van der Waals surface area contributed by atoms with Crippen molar-refractivity contribution in [2.24, 2.45) is 5.92 Å². The fourth-order valence-corrected chi connectivity index (χ4v) is 2.67. The van der Waals surface area contributed by atoms with E-state index >= 15 is 0 Å². The van der Waals surface area contributed by atoms with Gasteiger partial charge in [-0.3, -0.25) is 9.59 Å². The average Bonchev–Trinajstić information content (AvgIpc) is 2.93. The lowest BCUT2D eigenvalue weighted by atomic mass is 10.1. The van der Waals surface area contributed by atoms with E-state index < -0.39 is 0 Å². The number of rotatable bonds is 6. The number of benzene rings is 1. The van der Waals surface area contributed by atoms with Crippen molar-refractivity contribution in [1.82, 2.24) is 10.2 Å². The Hall–Kier alpha value is -2.39. The summed E-state index contributed by atoms with van der Waals surface area (Å²) in [5, 5.41) is 12.0. The zero-order valence-corrected chi connectivity index (χ0v) is 13.6. The molecule has 6 nitrogen and oxygen atoms in total. The van der Waals surface area contributed by atoms with Gasteiger partial charge in [-0.25, -0.2) is 0 Å². The Morgan fingerprint density at radius 2 is 2.17 bits per heavy atom. The molecule has 1 unspecified atom stereocenters. The summed E-state index contributed by atoms with van der Waals surface area (Å²) in [5.74, 6) is -0.552. The second-order valence-electron chi connectivity index (χ2n) is 5.98. The molecule has 23 heavy (non-hydrogen) atoms. The first-order valence-electron chi connectivity index (χ1n) is 7.75. The molecule has 1 aliphatic heterocycles. The minimum absolute atomic E-state index is 0.0888. The number of anilines is 1. The maximum Gasteiger partial charge on any atom is 0.227 e. The molecular formula is C17H22N4O2. The van der Waals surface area contributed by atoms with E-state index in [4.69, 9.17) is 5.26 Å². The van der Waals surface area contributed by atoms with Crippen LogP contribution in [0.4, 0.5) is 5.69 Å². The normalized spacial score (nSPS) is 17.4. The van der Waals surface area contributed by atoms with Crippen LogP contribution in [-0.2, 0) is 9.59 Å². The summed E-state index contributed by atoms with van der Waals surface area (Å²) in [6, 6.07) is 9.06. The topological polar surface area (TPSA) is 76.4 Å². The van der Waals surface area contributed by atoms with E-state index in [1.807, 2.05) is 14.1 Å². The molecule has 1 fully saturated rings. The van der Waals surface area contributed by atoms with Gasteiger partial charge in [-0.15, -0.1) is 0 Å². The molecule has 2 rings (SSSR count). The van der Waals surface area contributed by atoms with Crippen LogP contribution in [0.2, 0.25) is 0 Å². The molecule has 1 N–H and O–H groups in total. The number of amides is 2. The highest BCUT2D eigenvalue weighted by atomic mass is 16.2. The van der Waals surface area contributed by atoms with Crippen molar-refractivity contribution in [3.63, 3.8) is 0 Å². The first kappa shape index (κ1) is 17.0. The largest absolute Gasteiger partial charge is 0.356 e. The second kappa shape index (κ2) is 7.75. The number of carbonyl (C=O) groups excluding carboxylic acids is 2. The number of nitriles is 1. The Kier molecular flexibility index (Phi) is 5.72. The number of nitrogens with zero attached hydrogens (tertiary/aromatic N) is 3. The predicted molar refractivity (Wildman–Crippen MR) is 87.8 cm³/mol. The van der Waals surface area contributed by atoms with Gasteiger partial charge in [0.2, 0.25) is 11.8 Å². The van der Waals surface area contributed by atoms with Crippen LogP contribution in [-0.4, -0.2) is 50.4 Å². The molecule has 0 spiro atoms. The first-order chi connectivity index (χ1) is 11.0. The van der Waals surface area contributed by atoms with Crippen LogP contribution in [0.3, 0.4) is 0 Å². The molecular weight excluding hydrogens is 292 g/mol. The van der Waals surface area contributed by atoms with Crippen molar-refractivity contribution < 1.29 is 9.59 Å². The van der Waals surface area contributed by atoms with Gasteiger partial charge in [0.15, 0.2) is 0 Å². The zero-order chi connectivity index (χ0) is 16.8. The van der Waals surface area contributed by atoms with Crippen LogP contribution in [0.1, 0.15) is 18.4 Å². The van der Waals surface area contributed by atoms with Crippen LogP contribution in [0.5, 0.6) is 0 Å². The fourth-order valence-electron chi connectivity index (χ4n) is 2.67. The van der Waals surface area contributed by atoms with E-state index in [0.29, 0.717) is 24.3 Å². The first-order valence-corrected chi connectivity index (χ1v) is 7.75. The summed E-state index contributed by atoms with van der Waals surface area (Å²) in [6.45, 7) is 1.85. The molecule has 1 heterocycles. The van der Waals surface area contributed by atoms with E-state index in [1.165, 1.54) is 0 Å². The van der Waals surface area contributed by atoms with Crippen LogP contribution in [0, 0.1) is 17.2 Å². The molecule has 122 valence electrons. The highest BCUT2D eigenvalue weighted by Gasteiger charge is 2.35. The lowest BCUT2D eigenvalue weighted by Gasteiger charge is -2.18. The van der Waals surface area contributed by atoms with Crippen LogP contribution in [0.15, 0.2) is 24.3 Å². The Balaban J connectivity index is 1.94. The quantitative estimate of drug-likeness (QED) is 0.794. The highest BCUT2D eigenvalue weighted by Crippen LogP contribution is 2.27. The van der Waals surface area contributed by atoms with Crippen molar-refractivity contribution in [2.75, 3.05) is 38.6 Å². The zero-order valence-electron chi connectivity index (χ0n) is 13.6. The summed E-state index contributed by atoms with van der Waals surface area (Å²) in [4.78, 5) is 28.0. The van der Waals surface area contributed by atoms with Gasteiger partial charge in [-0.1, -0.05) is 12.1 Å². The molecule has 0 saturated carbocycles. The van der Waals surface area contributed by atoms with Gasteiger partial charge < -0.3 is 15.1 Å². The summed E-state index contributed by atoms with van der Waals surface area (Å²) in [6.07, 6.45) is 1.07. The molecule has 0 bridgehead atoms. The number of hydrogen-bond acceptors (Lipinski definition) is 4. The van der Waals surface area contributed by atoms with Gasteiger partial charge in [0, 0.05) is 19.5 Å². The monoisotopic (exact) mass is 314 g/mol. The molecule has 1 aromatic carbocycles. The molecule has 0 radical (unpaired) electrons. The predicted octanol–water partition coefficient (Wildman–Crippen LogP) is 0.979. The smallest absolute Gasteiger partial charge is 0.227 e. The van der Waals surface area contributed by atoms with Crippen LogP contribution >= 0.6 is 0 Å². The van der Waals surface area contributed by atoms with E-state index in [-0.39, 0.29) is 24.2 Å². The van der Waals surface area contributed by atoms with Crippen molar-refractivity contribution in [3.05, 3.63) is 29.8 Å². The van der Waals surface area contributed by atoms with Crippen molar-refractivity contribution in [1.29, 1.82) is 5.26 Å². The minimum atomic E-state index is -0.353. The van der Waals surface area contributed by atoms with E-state index in [0.717, 1.165) is 13.0 Å². The molecule has 1 aliphatic rings. The average molecular weight is 314 g/mol. The van der Waals surface area contributed by atoms with Gasteiger partial charge >= 0.3 is 0 Å². The third-order valence-corrected chi connectivity index (χ3v) is 3.89. The van der Waals surface area contributed by atoms with Crippen LogP contribution in [0.25, 0.3) is 0 Å². The van der Waals surface area contributed by atoms with Crippen molar-refractivity contribution in [3.8, 4) is 6.07 Å². The number of hydrogen-bond donors (Lipinski definition) is 1. The van der Waals surface area contributed by atoms with E-state index in [2.05, 4.69) is 16.3 Å². The standard InChI is InChI=1S/C17H22N4O2/c1-20(2)9-5-8-19-17(23)14-10-16(22)21(12-14)15-7-4-3-6-13(15)11-18/h3-4,6-7,14H,5,8-10,12H2,1-2H3,(H,19,23). The Labute approximate surface area is 136 Å². The molecule has 1 saturated heterocycles. The lowest BCUT2D eigenvalue weighted by molar-refractivity contribution is -0.126. The Morgan fingerprint density at radius 3 is 2.87 bits per heavy atom. The third-order valence-electron chi connectivity index (χ3n) is 3.89. The summed E-state index contributed by atoms with van der Waals surface area (Å²) in [5.41, 5.74) is 1.04. The number of carbonyl (C=O) groups is 2. The fraction of sp³-hybridized carbons (Fsp3) is 0.471. The summed E-state index contributed by atoms with van der Waals surface area (Å²) in [7, 11) is 3.98. The second-order valence-corrected chi connectivity index (χ2v) is 5.98. The third kappa shape index (κ3) is 4.30. The van der Waals surface area contributed by atoms with E-state index in [9.17, 15) is 9.59 Å². The minimum Gasteiger partial charge on any atom is -0.356 e. The van der Waals surface area contributed by atoms with Gasteiger partial charge in [-0.05, 0) is 39.2 Å². The van der Waals surface area contributed by atoms with Gasteiger partial charge in [0.25, 0.3) is 0 Å². The SMILES string of the molecule is CN(C)CCCNC(=O)C1CC(=O)N(c2ccccc2C#N)C1. The van der Waals surface area contributed by atoms with E-state index in [1.54, 1.807) is 29.2 Å². The van der Waals surface area contributed by atoms with Gasteiger partial charge in [-0.2, -0.15) is 5.26 Å². The van der Waals surface area contributed by atoms with Crippen molar-refractivity contribution >= 4 is 17.5 Å². The molecule has 0 aromatic heterocycles. The van der Waals surface area contributed by atoms with Gasteiger partial charge in [0.05, 0.1) is 17.2 Å². The molecule has 1 aromatic rings. The highest BCUT2D eigenvalue weighted by molar-refractivity contribution is 6.01. The summed E-state index contributed by atoms with van der Waals surface area (Å²) < 4.78 is 0. The van der Waals surface area contributed by atoms with Crippen molar-refractivity contribution in [2.45, 2.75) is 12.8 Å². The molecule has 0 aliphatic carbocycles. The molecule has 1 atom stereocenters. The Bertz CT molecular complexity index is 621. The maximum absolute atomic E-state index is 12.2. The maximum atomic E-state index is 12.2. The van der Waals surface area contributed by atoms with Gasteiger partial charge in [0.1, 0.15) is 6.07 Å². The Morgan fingerprint density at radius 1 is 1.43 bits per heavy atom. The van der Waals surface area contributed by atoms with Crippen LogP contribution < -0.4 is 10.2 Å². The molecule has 6 heteroatoms. The number of para-hydroxylation sites is 1. The molecule has 2 amide bonds. The number of nitrogens with one attached hydrogen (secondary N) is 1.